The molecule has 0 unspecified atom stereocenters. The van der Waals surface area contributed by atoms with Gasteiger partial charge in [-0.2, -0.15) is 0 Å². The largest absolute Gasteiger partial charge is 0.494 e. The minimum atomic E-state index is -0.558. The van der Waals surface area contributed by atoms with Crippen LogP contribution in [0.1, 0.15) is 32.3 Å². The Morgan fingerprint density at radius 2 is 1.68 bits per heavy atom. The third-order valence-electron chi connectivity index (χ3n) is 3.33. The molecule has 5 nitrogen and oxygen atoms in total. The molecule has 0 radical (unpaired) electrons. The molecule has 0 bridgehead atoms. The van der Waals surface area contributed by atoms with E-state index >= 15 is 0 Å². The standard InChI is InChI=1S/C17H24O5/c1-17(2,16(19)21-4)12-13-7-9-14(10-8-13)22-11-5-6-15(18)20-3/h7-10H,5-6,11-12H2,1-4H3. The Balaban J connectivity index is 2.46. The molecule has 1 aromatic carbocycles. The van der Waals surface area contributed by atoms with Gasteiger partial charge in [0.25, 0.3) is 0 Å². The third kappa shape index (κ3) is 5.76. The molecule has 1 aromatic rings. The van der Waals surface area contributed by atoms with E-state index in [4.69, 9.17) is 9.47 Å². The van der Waals surface area contributed by atoms with Crippen LogP contribution < -0.4 is 4.74 Å². The maximum atomic E-state index is 11.7. The van der Waals surface area contributed by atoms with Crippen molar-refractivity contribution in [3.63, 3.8) is 0 Å². The van der Waals surface area contributed by atoms with Crippen molar-refractivity contribution in [3.8, 4) is 5.75 Å². The minimum absolute atomic E-state index is 0.226. The van der Waals surface area contributed by atoms with Crippen molar-refractivity contribution in [1.29, 1.82) is 0 Å². The summed E-state index contributed by atoms with van der Waals surface area (Å²) in [7, 11) is 2.77. The summed E-state index contributed by atoms with van der Waals surface area (Å²) in [6, 6.07) is 7.59. The smallest absolute Gasteiger partial charge is 0.311 e. The molecule has 0 aliphatic carbocycles. The van der Waals surface area contributed by atoms with Crippen molar-refractivity contribution in [3.05, 3.63) is 29.8 Å². The number of methoxy groups -OCH3 is 2. The highest BCUT2D eigenvalue weighted by atomic mass is 16.5. The van der Waals surface area contributed by atoms with E-state index in [2.05, 4.69) is 4.74 Å². The van der Waals surface area contributed by atoms with E-state index in [1.54, 1.807) is 0 Å². The highest BCUT2D eigenvalue weighted by molar-refractivity contribution is 5.76. The van der Waals surface area contributed by atoms with Crippen molar-refractivity contribution in [2.24, 2.45) is 5.41 Å². The number of carbonyl (C=O) groups excluding carboxylic acids is 2. The van der Waals surface area contributed by atoms with Gasteiger partial charge < -0.3 is 14.2 Å². The zero-order valence-electron chi connectivity index (χ0n) is 13.7. The van der Waals surface area contributed by atoms with Crippen LogP contribution in [0.2, 0.25) is 0 Å². The first kappa shape index (κ1) is 18.0. The molecule has 0 aliphatic rings. The van der Waals surface area contributed by atoms with Gasteiger partial charge in [-0.25, -0.2) is 0 Å². The van der Waals surface area contributed by atoms with Crippen LogP contribution in [0, 0.1) is 5.41 Å². The number of carbonyl (C=O) groups is 2. The lowest BCUT2D eigenvalue weighted by Gasteiger charge is -2.21. The topological polar surface area (TPSA) is 61.8 Å². The SMILES string of the molecule is COC(=O)CCCOc1ccc(CC(C)(C)C(=O)OC)cc1. The molecule has 0 saturated heterocycles. The van der Waals surface area contributed by atoms with E-state index in [9.17, 15) is 9.59 Å². The fourth-order valence-electron chi connectivity index (χ4n) is 2.07. The second kappa shape index (κ2) is 8.41. The van der Waals surface area contributed by atoms with Crippen LogP contribution in [0.5, 0.6) is 5.75 Å². The Morgan fingerprint density at radius 1 is 1.05 bits per heavy atom. The summed E-state index contributed by atoms with van der Waals surface area (Å²) < 4.78 is 14.9. The van der Waals surface area contributed by atoms with Gasteiger partial charge in [-0.05, 0) is 44.4 Å². The average molecular weight is 308 g/mol. The lowest BCUT2D eigenvalue weighted by Crippen LogP contribution is -2.27. The Kier molecular flexibility index (Phi) is 6.89. The van der Waals surface area contributed by atoms with Gasteiger partial charge in [-0.15, -0.1) is 0 Å². The highest BCUT2D eigenvalue weighted by Crippen LogP contribution is 2.24. The molecule has 0 N–H and O–H groups in total. The molecule has 0 saturated carbocycles. The van der Waals surface area contributed by atoms with Crippen molar-refractivity contribution in [1.82, 2.24) is 0 Å². The highest BCUT2D eigenvalue weighted by Gasteiger charge is 2.28. The van der Waals surface area contributed by atoms with Crippen molar-refractivity contribution < 1.29 is 23.8 Å². The molecule has 0 aliphatic heterocycles. The second-order valence-electron chi connectivity index (χ2n) is 5.72. The minimum Gasteiger partial charge on any atom is -0.494 e. The van der Waals surface area contributed by atoms with Crippen LogP contribution in [0.3, 0.4) is 0 Å². The van der Waals surface area contributed by atoms with Crippen molar-refractivity contribution >= 4 is 11.9 Å². The van der Waals surface area contributed by atoms with Crippen LogP contribution in [-0.4, -0.2) is 32.8 Å². The molecule has 0 heterocycles. The molecule has 122 valence electrons. The van der Waals surface area contributed by atoms with Gasteiger partial charge in [0.05, 0.1) is 26.2 Å². The number of rotatable bonds is 8. The summed E-state index contributed by atoms with van der Waals surface area (Å²) >= 11 is 0. The monoisotopic (exact) mass is 308 g/mol. The fraction of sp³-hybridized carbons (Fsp3) is 0.529. The summed E-state index contributed by atoms with van der Waals surface area (Å²) in [6.45, 7) is 4.17. The number of hydrogen-bond acceptors (Lipinski definition) is 5. The van der Waals surface area contributed by atoms with Gasteiger partial charge in [0, 0.05) is 6.42 Å². The van der Waals surface area contributed by atoms with Gasteiger partial charge in [0.1, 0.15) is 5.75 Å². The summed E-state index contributed by atoms with van der Waals surface area (Å²) in [4.78, 5) is 22.6. The number of benzene rings is 1. The van der Waals surface area contributed by atoms with Gasteiger partial charge in [-0.3, -0.25) is 9.59 Å². The van der Waals surface area contributed by atoms with Crippen LogP contribution in [-0.2, 0) is 25.5 Å². The Bertz CT molecular complexity index is 490. The number of hydrogen-bond donors (Lipinski definition) is 0. The Morgan fingerprint density at radius 3 is 2.23 bits per heavy atom. The first-order valence-corrected chi connectivity index (χ1v) is 7.26. The molecule has 0 spiro atoms. The predicted molar refractivity (Wildman–Crippen MR) is 82.7 cm³/mol. The first-order valence-electron chi connectivity index (χ1n) is 7.26. The van der Waals surface area contributed by atoms with Gasteiger partial charge in [0.15, 0.2) is 0 Å². The summed E-state index contributed by atoms with van der Waals surface area (Å²) in [6.07, 6.45) is 1.56. The first-order chi connectivity index (χ1) is 10.4. The maximum absolute atomic E-state index is 11.7. The van der Waals surface area contributed by atoms with Crippen molar-refractivity contribution in [2.75, 3.05) is 20.8 Å². The summed E-state index contributed by atoms with van der Waals surface area (Å²) in [5.41, 5.74) is 0.481. The van der Waals surface area contributed by atoms with E-state index in [0.29, 0.717) is 25.9 Å². The lowest BCUT2D eigenvalue weighted by atomic mass is 9.86. The van der Waals surface area contributed by atoms with Crippen LogP contribution in [0.25, 0.3) is 0 Å². The fourth-order valence-corrected chi connectivity index (χ4v) is 2.07. The van der Waals surface area contributed by atoms with E-state index in [1.807, 2.05) is 38.1 Å². The van der Waals surface area contributed by atoms with Crippen LogP contribution >= 0.6 is 0 Å². The van der Waals surface area contributed by atoms with Crippen molar-refractivity contribution in [2.45, 2.75) is 33.1 Å². The average Bonchev–Trinajstić information content (AvgIpc) is 2.51. The molecular formula is C17H24O5. The Hall–Kier alpha value is -2.04. The van der Waals surface area contributed by atoms with E-state index in [-0.39, 0.29) is 11.9 Å². The van der Waals surface area contributed by atoms with E-state index in [1.165, 1.54) is 14.2 Å². The molecule has 5 heteroatoms. The molecule has 22 heavy (non-hydrogen) atoms. The van der Waals surface area contributed by atoms with Crippen LogP contribution in [0.15, 0.2) is 24.3 Å². The van der Waals surface area contributed by atoms with E-state index in [0.717, 1.165) is 11.3 Å². The molecule has 0 fully saturated rings. The molecular weight excluding hydrogens is 284 g/mol. The predicted octanol–water partition coefficient (Wildman–Crippen LogP) is 2.76. The summed E-state index contributed by atoms with van der Waals surface area (Å²) in [5, 5.41) is 0. The second-order valence-corrected chi connectivity index (χ2v) is 5.72. The zero-order valence-corrected chi connectivity index (χ0v) is 13.7. The molecule has 1 rings (SSSR count). The Labute approximate surface area is 131 Å². The van der Waals surface area contributed by atoms with Gasteiger partial charge >= 0.3 is 11.9 Å². The lowest BCUT2D eigenvalue weighted by molar-refractivity contribution is -0.150. The van der Waals surface area contributed by atoms with E-state index < -0.39 is 5.41 Å². The molecule has 0 atom stereocenters. The van der Waals surface area contributed by atoms with Gasteiger partial charge in [0.2, 0.25) is 0 Å². The third-order valence-corrected chi connectivity index (χ3v) is 3.33. The quantitative estimate of drug-likeness (QED) is 0.546. The summed E-state index contributed by atoms with van der Waals surface area (Å²) in [5.74, 6) is 0.282. The number of esters is 2. The zero-order chi connectivity index (χ0) is 16.6. The number of ether oxygens (including phenoxy) is 3. The molecule has 0 aromatic heterocycles. The maximum Gasteiger partial charge on any atom is 0.311 e. The van der Waals surface area contributed by atoms with Gasteiger partial charge in [-0.1, -0.05) is 12.1 Å². The van der Waals surface area contributed by atoms with Crippen LogP contribution in [0.4, 0.5) is 0 Å². The molecule has 0 amide bonds. The normalized spacial score (nSPS) is 10.9.